The van der Waals surface area contributed by atoms with Gasteiger partial charge in [0.15, 0.2) is 11.5 Å². The van der Waals surface area contributed by atoms with E-state index in [1.807, 2.05) is 24.3 Å². The molecule has 0 aliphatic carbocycles. The quantitative estimate of drug-likeness (QED) is 0.298. The third-order valence-corrected chi connectivity index (χ3v) is 5.97. The van der Waals surface area contributed by atoms with Gasteiger partial charge in [0.05, 0.1) is 22.8 Å². The number of nitrogens with one attached hydrogen (secondary N) is 2. The molecule has 0 fully saturated rings. The van der Waals surface area contributed by atoms with E-state index in [0.717, 1.165) is 16.8 Å². The molecule has 1 aliphatic rings. The molecule has 1 aromatic heterocycles. The summed E-state index contributed by atoms with van der Waals surface area (Å²) < 4.78 is 7.45. The monoisotopic (exact) mass is 473 g/mol. The second-order valence-corrected chi connectivity index (χ2v) is 8.16. The lowest BCUT2D eigenvalue weighted by atomic mass is 10.0. The van der Waals surface area contributed by atoms with E-state index in [-0.39, 0.29) is 11.3 Å². The van der Waals surface area contributed by atoms with Crippen molar-refractivity contribution in [3.8, 4) is 22.8 Å². The number of aromatic nitrogens is 3. The van der Waals surface area contributed by atoms with Gasteiger partial charge in [0.1, 0.15) is 0 Å². The van der Waals surface area contributed by atoms with Crippen molar-refractivity contribution in [3.05, 3.63) is 69.4 Å². The number of ether oxygens (including phenoxy) is 1. The summed E-state index contributed by atoms with van der Waals surface area (Å²) in [4.78, 5) is 15.8. The van der Waals surface area contributed by atoms with Crippen LogP contribution in [-0.4, -0.2) is 28.1 Å². The Kier molecular flexibility index (Phi) is 5.33. The number of para-hydroxylation sites is 1. The molecular weight excluding hydrogens is 456 g/mol. The molecule has 148 valence electrons. The number of H-pyrrole nitrogens is 1. The fourth-order valence-corrected chi connectivity index (χ4v) is 4.27. The highest BCUT2D eigenvalue weighted by Crippen LogP contribution is 2.39. The van der Waals surface area contributed by atoms with Crippen LogP contribution in [0.15, 0.2) is 63.5 Å². The van der Waals surface area contributed by atoms with Crippen molar-refractivity contribution in [1.82, 2.24) is 10.1 Å². The maximum atomic E-state index is 13.0. The van der Waals surface area contributed by atoms with Crippen LogP contribution in [0.3, 0.4) is 0 Å². The number of rotatable bonds is 5. The normalized spacial score (nSPS) is 14.5. The number of halogens is 1. The van der Waals surface area contributed by atoms with E-state index in [0.29, 0.717) is 26.8 Å². The maximum absolute atomic E-state index is 13.0. The van der Waals surface area contributed by atoms with Crippen LogP contribution in [-0.2, 0) is 0 Å². The summed E-state index contributed by atoms with van der Waals surface area (Å²) in [5, 5.41) is 18.8. The molecule has 0 amide bonds. The lowest BCUT2D eigenvalue weighted by Crippen LogP contribution is -2.55. The van der Waals surface area contributed by atoms with Crippen molar-refractivity contribution in [2.45, 2.75) is 11.3 Å². The summed E-state index contributed by atoms with van der Waals surface area (Å²) in [6.07, 6.45) is 1.28. The molecule has 0 saturated carbocycles. The molecule has 1 aliphatic heterocycles. The fourth-order valence-electron chi connectivity index (χ4n) is 3.22. The number of thioether (sulfide) groups is 1. The second-order valence-electron chi connectivity index (χ2n) is 6.30. The van der Waals surface area contributed by atoms with Crippen LogP contribution in [0.5, 0.6) is 11.5 Å². The minimum absolute atomic E-state index is 0.0128. The predicted octanol–water partition coefficient (Wildman–Crippen LogP) is 3.45. The zero-order valence-electron chi connectivity index (χ0n) is 15.5. The number of hydrogen-bond acceptors (Lipinski definition) is 6. The highest BCUT2D eigenvalue weighted by molar-refractivity contribution is 9.10. The van der Waals surface area contributed by atoms with Gasteiger partial charge in [-0.05, 0) is 44.9 Å². The first-order valence-electron chi connectivity index (χ1n) is 8.75. The number of aromatic amines is 1. The number of phenols is 1. The van der Waals surface area contributed by atoms with E-state index < -0.39 is 6.17 Å². The molecule has 3 aromatic rings. The Labute approximate surface area is 179 Å². The number of anilines is 1. The molecule has 4 rings (SSSR count). The zero-order valence-corrected chi connectivity index (χ0v) is 17.9. The SMILES string of the molecule is C=CCSc1n[n+]2c(c(=O)[nH]1)-c1ccccc1N[C@H]2c1cc(Br)c(O)c(OC)c1. The Morgan fingerprint density at radius 3 is 2.97 bits per heavy atom. The summed E-state index contributed by atoms with van der Waals surface area (Å²) >= 11 is 4.76. The van der Waals surface area contributed by atoms with Gasteiger partial charge in [-0.2, -0.15) is 0 Å². The molecule has 0 spiro atoms. The van der Waals surface area contributed by atoms with Crippen LogP contribution >= 0.6 is 27.7 Å². The van der Waals surface area contributed by atoms with Crippen molar-refractivity contribution in [3.63, 3.8) is 0 Å². The molecule has 1 atom stereocenters. The van der Waals surface area contributed by atoms with E-state index >= 15 is 0 Å². The number of nitrogens with zero attached hydrogens (tertiary/aromatic N) is 2. The van der Waals surface area contributed by atoms with Gasteiger partial charge in [0.2, 0.25) is 5.16 Å². The van der Waals surface area contributed by atoms with Crippen molar-refractivity contribution < 1.29 is 14.5 Å². The van der Waals surface area contributed by atoms with Gasteiger partial charge >= 0.3 is 11.3 Å². The van der Waals surface area contributed by atoms with Crippen molar-refractivity contribution in [2.24, 2.45) is 0 Å². The fraction of sp³-hybridized carbons (Fsp3) is 0.150. The van der Waals surface area contributed by atoms with Crippen LogP contribution in [0.25, 0.3) is 11.3 Å². The van der Waals surface area contributed by atoms with E-state index in [1.54, 1.807) is 22.9 Å². The Morgan fingerprint density at radius 1 is 1.41 bits per heavy atom. The Morgan fingerprint density at radius 2 is 2.21 bits per heavy atom. The molecule has 9 heteroatoms. The van der Waals surface area contributed by atoms with E-state index in [9.17, 15) is 9.90 Å². The highest BCUT2D eigenvalue weighted by atomic mass is 79.9. The van der Waals surface area contributed by atoms with Crippen LogP contribution < -0.4 is 20.3 Å². The van der Waals surface area contributed by atoms with Crippen molar-refractivity contribution in [2.75, 3.05) is 18.2 Å². The average Bonchev–Trinajstić information content (AvgIpc) is 2.73. The number of phenolic OH excluding ortho intramolecular Hbond substituents is 1. The number of fused-ring (bicyclic) bond motifs is 3. The van der Waals surface area contributed by atoms with E-state index in [1.165, 1.54) is 18.9 Å². The summed E-state index contributed by atoms with van der Waals surface area (Å²) in [5.74, 6) is 0.956. The topological polar surface area (TPSA) is 91.1 Å². The summed E-state index contributed by atoms with van der Waals surface area (Å²) in [5.41, 5.74) is 2.58. The van der Waals surface area contributed by atoms with Gasteiger partial charge in [-0.25, -0.2) is 0 Å². The van der Waals surface area contributed by atoms with Crippen LogP contribution in [0.2, 0.25) is 0 Å². The lowest BCUT2D eigenvalue weighted by Gasteiger charge is -2.23. The van der Waals surface area contributed by atoms with Crippen LogP contribution in [0.4, 0.5) is 5.69 Å². The molecule has 29 heavy (non-hydrogen) atoms. The second kappa shape index (κ2) is 7.92. The Hall–Kier alpha value is -2.78. The van der Waals surface area contributed by atoms with Gasteiger partial charge in [0.25, 0.3) is 6.17 Å². The number of methoxy groups -OCH3 is 1. The first-order valence-corrected chi connectivity index (χ1v) is 10.5. The molecule has 7 nitrogen and oxygen atoms in total. The molecule has 0 saturated heterocycles. The molecule has 3 N–H and O–H groups in total. The lowest BCUT2D eigenvalue weighted by molar-refractivity contribution is -0.759. The summed E-state index contributed by atoms with van der Waals surface area (Å²) in [6, 6.07) is 11.1. The molecule has 0 radical (unpaired) electrons. The maximum Gasteiger partial charge on any atom is 0.325 e. The standard InChI is InChI=1S/C20H17BrN4O3S/c1-3-8-29-20-23-19(27)16-12-6-4-5-7-14(12)22-18(25(16)24-20)11-9-13(21)17(26)15(10-11)28-2/h3-7,9-10,18H,1,8H2,2H3,(H2,23,24,26,27)/p+1/t18-/m1/s1. The summed E-state index contributed by atoms with van der Waals surface area (Å²) in [7, 11) is 1.49. The number of benzene rings is 2. The number of hydrogen-bond donors (Lipinski definition) is 3. The minimum Gasteiger partial charge on any atom is -0.503 e. The first kappa shape index (κ1) is 19.5. The predicted molar refractivity (Wildman–Crippen MR) is 116 cm³/mol. The van der Waals surface area contributed by atoms with Crippen LogP contribution in [0, 0.1) is 0 Å². The van der Waals surface area contributed by atoms with E-state index in [4.69, 9.17) is 4.74 Å². The first-order chi connectivity index (χ1) is 14.0. The van der Waals surface area contributed by atoms with Gasteiger partial charge in [-0.1, -0.05) is 30.0 Å². The highest BCUT2D eigenvalue weighted by Gasteiger charge is 2.38. The molecule has 0 unspecified atom stereocenters. The van der Waals surface area contributed by atoms with Crippen molar-refractivity contribution in [1.29, 1.82) is 0 Å². The Balaban J connectivity index is 1.94. The van der Waals surface area contributed by atoms with Gasteiger partial charge in [0, 0.05) is 16.4 Å². The Bertz CT molecular complexity index is 1160. The van der Waals surface area contributed by atoms with Gasteiger partial charge < -0.3 is 15.2 Å². The molecule has 0 bridgehead atoms. The third kappa shape index (κ3) is 3.51. The minimum atomic E-state index is -0.476. The molecule has 2 heterocycles. The smallest absolute Gasteiger partial charge is 0.325 e. The van der Waals surface area contributed by atoms with E-state index in [2.05, 4.69) is 37.9 Å². The van der Waals surface area contributed by atoms with Gasteiger partial charge in [-0.3, -0.25) is 9.78 Å². The van der Waals surface area contributed by atoms with Gasteiger partial charge in [-0.15, -0.1) is 6.58 Å². The third-order valence-electron chi connectivity index (χ3n) is 4.51. The van der Waals surface area contributed by atoms with Crippen LogP contribution in [0.1, 0.15) is 11.7 Å². The molecule has 2 aromatic carbocycles. The average molecular weight is 474 g/mol. The molecular formula is C20H18BrN4O3S+. The summed E-state index contributed by atoms with van der Waals surface area (Å²) in [6.45, 7) is 3.71. The zero-order chi connectivity index (χ0) is 20.5. The largest absolute Gasteiger partial charge is 0.503 e. The number of aromatic hydroxyl groups is 1. The van der Waals surface area contributed by atoms with Crippen molar-refractivity contribution >= 4 is 33.4 Å².